The maximum absolute atomic E-state index is 13.2. The van der Waals surface area contributed by atoms with Crippen LogP contribution in [0.2, 0.25) is 0 Å². The van der Waals surface area contributed by atoms with Crippen molar-refractivity contribution in [1.82, 2.24) is 4.90 Å². The standard InChI is InChI=1S/C24H38F2N4O4/c1-23(2,3)14-29(15-24(4,5)6)18(12-27)21(32)28-16-7-8-17(19(11-16)34-22(25)26)30-9-10-33-13-20(30)31/h7-8,11,18,22H,9-10,12-15,27H2,1-6H3,(H,28,32)/t18-/m1/s1. The van der Waals surface area contributed by atoms with Gasteiger partial charge in [-0.15, -0.1) is 0 Å². The number of halogens is 2. The third-order valence-corrected chi connectivity index (χ3v) is 5.04. The van der Waals surface area contributed by atoms with Crippen LogP contribution in [0.25, 0.3) is 0 Å². The van der Waals surface area contributed by atoms with E-state index in [1.165, 1.54) is 17.0 Å². The number of amides is 2. The molecule has 1 fully saturated rings. The van der Waals surface area contributed by atoms with Crippen LogP contribution in [0.5, 0.6) is 5.75 Å². The summed E-state index contributed by atoms with van der Waals surface area (Å²) in [4.78, 5) is 28.8. The Bertz CT molecular complexity index is 836. The molecule has 34 heavy (non-hydrogen) atoms. The first kappa shape index (κ1) is 27.9. The lowest BCUT2D eigenvalue weighted by molar-refractivity contribution is -0.126. The van der Waals surface area contributed by atoms with Gasteiger partial charge in [-0.3, -0.25) is 14.5 Å². The molecule has 192 valence electrons. The van der Waals surface area contributed by atoms with Gasteiger partial charge in [0.25, 0.3) is 5.91 Å². The Labute approximate surface area is 200 Å². The minimum Gasteiger partial charge on any atom is -0.433 e. The van der Waals surface area contributed by atoms with E-state index in [1.807, 2.05) is 0 Å². The summed E-state index contributed by atoms with van der Waals surface area (Å²) >= 11 is 0. The van der Waals surface area contributed by atoms with E-state index in [0.29, 0.717) is 13.1 Å². The van der Waals surface area contributed by atoms with Crippen molar-refractivity contribution in [2.45, 2.75) is 54.2 Å². The van der Waals surface area contributed by atoms with Crippen molar-refractivity contribution >= 4 is 23.2 Å². The first-order valence-corrected chi connectivity index (χ1v) is 11.4. The second kappa shape index (κ2) is 11.4. The van der Waals surface area contributed by atoms with Crippen molar-refractivity contribution in [3.63, 3.8) is 0 Å². The Kier molecular flexibility index (Phi) is 9.38. The van der Waals surface area contributed by atoms with Gasteiger partial charge >= 0.3 is 6.61 Å². The average molecular weight is 485 g/mol. The zero-order valence-electron chi connectivity index (χ0n) is 21.0. The summed E-state index contributed by atoms with van der Waals surface area (Å²) in [7, 11) is 0. The Morgan fingerprint density at radius 2 is 1.82 bits per heavy atom. The molecule has 1 aliphatic heterocycles. The van der Waals surface area contributed by atoms with E-state index < -0.39 is 12.7 Å². The molecule has 0 bridgehead atoms. The molecule has 0 spiro atoms. The van der Waals surface area contributed by atoms with Crippen molar-refractivity contribution in [3.05, 3.63) is 18.2 Å². The van der Waals surface area contributed by atoms with Gasteiger partial charge in [0.2, 0.25) is 5.91 Å². The molecule has 1 heterocycles. The largest absolute Gasteiger partial charge is 0.433 e. The number of hydrogen-bond acceptors (Lipinski definition) is 6. The summed E-state index contributed by atoms with van der Waals surface area (Å²) in [5.41, 5.74) is 6.36. The lowest BCUT2D eigenvalue weighted by atomic mass is 9.91. The molecule has 1 saturated heterocycles. The average Bonchev–Trinajstić information content (AvgIpc) is 2.66. The third-order valence-electron chi connectivity index (χ3n) is 5.04. The quantitative estimate of drug-likeness (QED) is 0.558. The van der Waals surface area contributed by atoms with Crippen LogP contribution in [0.15, 0.2) is 18.2 Å². The summed E-state index contributed by atoms with van der Waals surface area (Å²) < 4.78 is 36.0. The third kappa shape index (κ3) is 8.48. The second-order valence-electron chi connectivity index (χ2n) is 10.9. The van der Waals surface area contributed by atoms with E-state index in [-0.39, 0.29) is 66.1 Å². The molecule has 1 aromatic carbocycles. The topological polar surface area (TPSA) is 97.1 Å². The maximum Gasteiger partial charge on any atom is 0.387 e. The molecule has 10 heteroatoms. The highest BCUT2D eigenvalue weighted by molar-refractivity contribution is 5.98. The first-order valence-electron chi connectivity index (χ1n) is 11.4. The smallest absolute Gasteiger partial charge is 0.387 e. The zero-order chi connectivity index (χ0) is 25.7. The van der Waals surface area contributed by atoms with Crippen LogP contribution in [0.1, 0.15) is 41.5 Å². The summed E-state index contributed by atoms with van der Waals surface area (Å²) in [6.07, 6.45) is 0. The minimum absolute atomic E-state index is 0.0659. The molecule has 1 aliphatic rings. The highest BCUT2D eigenvalue weighted by Gasteiger charge is 2.31. The number of anilines is 2. The van der Waals surface area contributed by atoms with Gasteiger partial charge < -0.3 is 25.4 Å². The molecule has 1 atom stereocenters. The van der Waals surface area contributed by atoms with Gasteiger partial charge in [-0.25, -0.2) is 0 Å². The number of nitrogens with zero attached hydrogens (tertiary/aromatic N) is 2. The monoisotopic (exact) mass is 484 g/mol. The predicted octanol–water partition coefficient (Wildman–Crippen LogP) is 3.31. The van der Waals surface area contributed by atoms with E-state index in [1.54, 1.807) is 6.07 Å². The van der Waals surface area contributed by atoms with Gasteiger partial charge in [-0.1, -0.05) is 41.5 Å². The zero-order valence-corrected chi connectivity index (χ0v) is 21.0. The Morgan fingerprint density at radius 3 is 2.32 bits per heavy atom. The number of carbonyl (C=O) groups is 2. The number of ether oxygens (including phenoxy) is 2. The van der Waals surface area contributed by atoms with Gasteiger partial charge in [-0.05, 0) is 23.0 Å². The van der Waals surface area contributed by atoms with Crippen molar-refractivity contribution in [3.8, 4) is 5.75 Å². The fraction of sp³-hybridized carbons (Fsp3) is 0.667. The van der Waals surface area contributed by atoms with Gasteiger partial charge in [0, 0.05) is 37.9 Å². The van der Waals surface area contributed by atoms with Crippen molar-refractivity contribution in [2.24, 2.45) is 16.6 Å². The van der Waals surface area contributed by atoms with Crippen LogP contribution in [-0.2, 0) is 14.3 Å². The lowest BCUT2D eigenvalue weighted by Crippen LogP contribution is -2.53. The first-order chi connectivity index (χ1) is 15.7. The van der Waals surface area contributed by atoms with E-state index >= 15 is 0 Å². The molecule has 0 saturated carbocycles. The van der Waals surface area contributed by atoms with Crippen molar-refractivity contribution in [2.75, 3.05) is 49.6 Å². The molecule has 0 unspecified atom stereocenters. The van der Waals surface area contributed by atoms with Crippen LogP contribution < -0.4 is 20.7 Å². The molecule has 0 aliphatic carbocycles. The second-order valence-corrected chi connectivity index (χ2v) is 10.9. The molecular formula is C24H38F2N4O4. The Hall–Kier alpha value is -2.30. The summed E-state index contributed by atoms with van der Waals surface area (Å²) in [5, 5.41) is 2.79. The Morgan fingerprint density at radius 1 is 1.21 bits per heavy atom. The molecule has 0 radical (unpaired) electrons. The number of morpholine rings is 1. The molecule has 2 amide bonds. The van der Waals surface area contributed by atoms with Gasteiger partial charge in [0.05, 0.1) is 12.3 Å². The highest BCUT2D eigenvalue weighted by Crippen LogP contribution is 2.34. The van der Waals surface area contributed by atoms with Crippen LogP contribution >= 0.6 is 0 Å². The van der Waals surface area contributed by atoms with E-state index in [0.717, 1.165) is 0 Å². The number of nitrogens with one attached hydrogen (secondary N) is 1. The van der Waals surface area contributed by atoms with Gasteiger partial charge in [-0.2, -0.15) is 8.78 Å². The molecule has 3 N–H and O–H groups in total. The van der Waals surface area contributed by atoms with Crippen LogP contribution in [0.3, 0.4) is 0 Å². The number of carbonyl (C=O) groups excluding carboxylic acids is 2. The molecule has 1 aromatic rings. The molecular weight excluding hydrogens is 446 g/mol. The maximum atomic E-state index is 13.2. The van der Waals surface area contributed by atoms with Gasteiger partial charge in [0.1, 0.15) is 12.6 Å². The Balaban J connectivity index is 2.30. The summed E-state index contributed by atoms with van der Waals surface area (Å²) in [6.45, 7) is 11.2. The number of hydrogen-bond donors (Lipinski definition) is 2. The normalized spacial score (nSPS) is 16.2. The van der Waals surface area contributed by atoms with E-state index in [9.17, 15) is 18.4 Å². The molecule has 8 nitrogen and oxygen atoms in total. The van der Waals surface area contributed by atoms with E-state index in [2.05, 4.69) is 56.5 Å². The summed E-state index contributed by atoms with van der Waals surface area (Å²) in [5.74, 6) is -0.895. The SMILES string of the molecule is CC(C)(C)CN(CC(C)(C)C)[C@H](CN)C(=O)Nc1ccc(N2CCOCC2=O)c(OC(F)F)c1. The van der Waals surface area contributed by atoms with Crippen molar-refractivity contribution in [1.29, 1.82) is 0 Å². The summed E-state index contributed by atoms with van der Waals surface area (Å²) in [6, 6.07) is 3.72. The minimum atomic E-state index is -3.09. The molecule has 2 rings (SSSR count). The number of rotatable bonds is 9. The number of benzene rings is 1. The van der Waals surface area contributed by atoms with Crippen molar-refractivity contribution < 1.29 is 27.8 Å². The van der Waals surface area contributed by atoms with Gasteiger partial charge in [0.15, 0.2) is 5.75 Å². The lowest BCUT2D eigenvalue weighted by Gasteiger charge is -2.38. The van der Waals surface area contributed by atoms with Crippen LogP contribution in [0, 0.1) is 10.8 Å². The number of nitrogens with two attached hydrogens (primary N) is 1. The van der Waals surface area contributed by atoms with Crippen LogP contribution in [-0.4, -0.2) is 68.8 Å². The predicted molar refractivity (Wildman–Crippen MR) is 128 cm³/mol. The fourth-order valence-electron chi connectivity index (χ4n) is 3.92. The van der Waals surface area contributed by atoms with Crippen LogP contribution in [0.4, 0.5) is 20.2 Å². The van der Waals surface area contributed by atoms with E-state index in [4.69, 9.17) is 10.5 Å². The highest BCUT2D eigenvalue weighted by atomic mass is 19.3. The fourth-order valence-corrected chi connectivity index (χ4v) is 3.92. The number of alkyl halides is 2. The molecule has 0 aromatic heterocycles.